The van der Waals surface area contributed by atoms with Gasteiger partial charge in [0.1, 0.15) is 4.90 Å². The normalized spacial score (nSPS) is 18.9. The van der Waals surface area contributed by atoms with Crippen molar-refractivity contribution in [2.45, 2.75) is 38.3 Å². The zero-order valence-electron chi connectivity index (χ0n) is 13.0. The molecule has 0 amide bonds. The summed E-state index contributed by atoms with van der Waals surface area (Å²) < 4.78 is 27.9. The summed E-state index contributed by atoms with van der Waals surface area (Å²) in [4.78, 5) is 2.30. The molecule has 0 spiro atoms. The minimum atomic E-state index is -3.54. The summed E-state index contributed by atoms with van der Waals surface area (Å²) in [5, 5.41) is 3.37. The Morgan fingerprint density at radius 2 is 2.00 bits per heavy atom. The maximum atomic E-state index is 13.2. The molecule has 118 valence electrons. The number of benzene rings is 1. The molecular weight excluding hydrogens is 316 g/mol. The quantitative estimate of drug-likeness (QED) is 0.917. The van der Waals surface area contributed by atoms with E-state index in [0.29, 0.717) is 18.0 Å². The van der Waals surface area contributed by atoms with E-state index in [0.717, 1.165) is 21.0 Å². The van der Waals surface area contributed by atoms with Crippen molar-refractivity contribution in [2.75, 3.05) is 10.8 Å². The molecule has 6 heteroatoms. The van der Waals surface area contributed by atoms with Crippen molar-refractivity contribution in [2.24, 2.45) is 0 Å². The van der Waals surface area contributed by atoms with E-state index in [9.17, 15) is 8.42 Å². The number of nitrogens with zero attached hydrogens (tertiary/aromatic N) is 1. The minimum Gasteiger partial charge on any atom is -0.308 e. The Bertz CT molecular complexity index is 796. The Balaban J connectivity index is 2.15. The van der Waals surface area contributed by atoms with Crippen LogP contribution in [0, 0.1) is 13.8 Å². The van der Waals surface area contributed by atoms with Crippen LogP contribution in [0.25, 0.3) is 0 Å². The van der Waals surface area contributed by atoms with E-state index in [1.807, 2.05) is 45.0 Å². The number of aryl methyl sites for hydroxylation is 2. The highest BCUT2D eigenvalue weighted by molar-refractivity contribution is 7.93. The van der Waals surface area contributed by atoms with Gasteiger partial charge in [-0.1, -0.05) is 18.2 Å². The molecule has 1 N–H and O–H groups in total. The first kappa shape index (κ1) is 15.5. The first-order chi connectivity index (χ1) is 10.4. The van der Waals surface area contributed by atoms with Gasteiger partial charge >= 0.3 is 0 Å². The summed E-state index contributed by atoms with van der Waals surface area (Å²) in [6.07, 6.45) is 0. The molecule has 1 aromatic carbocycles. The van der Waals surface area contributed by atoms with Gasteiger partial charge in [0.2, 0.25) is 0 Å². The third-order valence-corrected chi connectivity index (χ3v) is 6.91. The van der Waals surface area contributed by atoms with Gasteiger partial charge in [-0.3, -0.25) is 4.31 Å². The number of hydrogen-bond donors (Lipinski definition) is 1. The second-order valence-electron chi connectivity index (χ2n) is 5.72. The second-order valence-corrected chi connectivity index (χ2v) is 9.02. The molecule has 1 aromatic heterocycles. The van der Waals surface area contributed by atoms with E-state index >= 15 is 0 Å². The Labute approximate surface area is 135 Å². The summed E-state index contributed by atoms with van der Waals surface area (Å²) in [6, 6.07) is 9.59. The minimum absolute atomic E-state index is 0.0993. The Kier molecular flexibility index (Phi) is 4.01. The zero-order valence-corrected chi connectivity index (χ0v) is 14.6. The fourth-order valence-electron chi connectivity index (χ4n) is 2.81. The fraction of sp³-hybridized carbons (Fsp3) is 0.375. The summed E-state index contributed by atoms with van der Waals surface area (Å²) in [7, 11) is -3.54. The van der Waals surface area contributed by atoms with Crippen LogP contribution < -0.4 is 9.62 Å². The van der Waals surface area contributed by atoms with Crippen LogP contribution in [0.1, 0.15) is 22.2 Å². The number of rotatable bonds is 2. The van der Waals surface area contributed by atoms with Gasteiger partial charge in [-0.25, -0.2) is 8.42 Å². The molecule has 2 heterocycles. The average Bonchev–Trinajstić information content (AvgIpc) is 2.72. The number of hydrogen-bond acceptors (Lipinski definition) is 4. The second kappa shape index (κ2) is 5.68. The van der Waals surface area contributed by atoms with Crippen LogP contribution in [0.5, 0.6) is 0 Å². The van der Waals surface area contributed by atoms with E-state index in [1.165, 1.54) is 11.3 Å². The topological polar surface area (TPSA) is 49.4 Å². The molecule has 0 bridgehead atoms. The predicted molar refractivity (Wildman–Crippen MR) is 91.1 cm³/mol. The van der Waals surface area contributed by atoms with Crippen molar-refractivity contribution in [1.29, 1.82) is 0 Å². The fourth-order valence-corrected chi connectivity index (χ4v) is 5.93. The molecule has 1 aliphatic rings. The van der Waals surface area contributed by atoms with Crippen molar-refractivity contribution in [1.82, 2.24) is 5.32 Å². The third-order valence-electron chi connectivity index (χ3n) is 3.90. The molecule has 2 aromatic rings. The van der Waals surface area contributed by atoms with Crippen molar-refractivity contribution in [3.05, 3.63) is 45.6 Å². The van der Waals surface area contributed by atoms with Gasteiger partial charge in [-0.2, -0.15) is 0 Å². The van der Waals surface area contributed by atoms with E-state index in [2.05, 4.69) is 5.32 Å². The lowest BCUT2D eigenvalue weighted by Gasteiger charge is -2.25. The monoisotopic (exact) mass is 336 g/mol. The summed E-state index contributed by atoms with van der Waals surface area (Å²) >= 11 is 1.53. The Morgan fingerprint density at radius 3 is 2.68 bits per heavy atom. The van der Waals surface area contributed by atoms with Gasteiger partial charge in [0.25, 0.3) is 10.0 Å². The first-order valence-corrected chi connectivity index (χ1v) is 9.56. The largest absolute Gasteiger partial charge is 0.308 e. The van der Waals surface area contributed by atoms with Gasteiger partial charge in [-0.05, 0) is 38.5 Å². The summed E-state index contributed by atoms with van der Waals surface area (Å²) in [5.74, 6) is 0. The molecule has 0 aliphatic carbocycles. The molecule has 22 heavy (non-hydrogen) atoms. The van der Waals surface area contributed by atoms with Gasteiger partial charge in [0.05, 0.1) is 5.69 Å². The Hall–Kier alpha value is -1.37. The maximum absolute atomic E-state index is 13.2. The molecule has 3 rings (SSSR count). The lowest BCUT2D eigenvalue weighted by molar-refractivity contribution is 0.556. The summed E-state index contributed by atoms with van der Waals surface area (Å²) in [5.41, 5.74) is 1.79. The van der Waals surface area contributed by atoms with Gasteiger partial charge in [0, 0.05) is 28.9 Å². The number of nitrogens with one attached hydrogen (secondary N) is 1. The van der Waals surface area contributed by atoms with Crippen molar-refractivity contribution < 1.29 is 8.42 Å². The molecule has 0 saturated carbocycles. The van der Waals surface area contributed by atoms with Gasteiger partial charge < -0.3 is 5.32 Å². The number of thiophene rings is 1. The van der Waals surface area contributed by atoms with Crippen LogP contribution in [0.15, 0.2) is 35.2 Å². The number of fused-ring (bicyclic) bond motifs is 1. The van der Waals surface area contributed by atoms with Crippen molar-refractivity contribution in [3.8, 4) is 0 Å². The zero-order chi connectivity index (χ0) is 15.9. The average molecular weight is 336 g/mol. The number of sulfonamides is 1. The van der Waals surface area contributed by atoms with E-state index in [-0.39, 0.29) is 6.04 Å². The lowest BCUT2D eigenvalue weighted by Crippen LogP contribution is -2.39. The molecular formula is C16H20N2O2S2. The van der Waals surface area contributed by atoms with Crippen LogP contribution in [-0.4, -0.2) is 21.0 Å². The number of para-hydroxylation sites is 1. The van der Waals surface area contributed by atoms with Crippen LogP contribution in [0.3, 0.4) is 0 Å². The highest BCUT2D eigenvalue weighted by Crippen LogP contribution is 2.33. The Morgan fingerprint density at radius 1 is 1.27 bits per heavy atom. The van der Waals surface area contributed by atoms with Gasteiger partial charge in [0.15, 0.2) is 0 Å². The predicted octanol–water partition coefficient (Wildman–Crippen LogP) is 3.05. The molecule has 0 saturated heterocycles. The highest BCUT2D eigenvalue weighted by Gasteiger charge is 2.31. The van der Waals surface area contributed by atoms with Crippen molar-refractivity contribution in [3.63, 3.8) is 0 Å². The smallest absolute Gasteiger partial charge is 0.265 e. The van der Waals surface area contributed by atoms with Gasteiger partial charge in [-0.15, -0.1) is 11.3 Å². The third kappa shape index (κ3) is 2.66. The first-order valence-electron chi connectivity index (χ1n) is 7.30. The van der Waals surface area contributed by atoms with Crippen LogP contribution in [0.4, 0.5) is 5.69 Å². The lowest BCUT2D eigenvalue weighted by atomic mass is 10.2. The highest BCUT2D eigenvalue weighted by atomic mass is 32.2. The van der Waals surface area contributed by atoms with E-state index in [4.69, 9.17) is 0 Å². The van der Waals surface area contributed by atoms with Crippen LogP contribution in [0.2, 0.25) is 0 Å². The van der Waals surface area contributed by atoms with Crippen molar-refractivity contribution >= 4 is 27.0 Å². The van der Waals surface area contributed by atoms with Crippen LogP contribution >= 0.6 is 11.3 Å². The SMILES string of the molecule is Cc1cc(S(=O)(=O)N2CC(C)NCc3ccccc32)c(C)s1. The standard InChI is InChI=1S/C16H20N2O2S2/c1-11-10-18(15-7-5-4-6-14(15)9-17-11)22(19,20)16-8-12(2)21-13(16)3/h4-8,11,17H,9-10H2,1-3H3. The van der Waals surface area contributed by atoms with Crippen LogP contribution in [-0.2, 0) is 16.6 Å². The maximum Gasteiger partial charge on any atom is 0.265 e. The molecule has 1 aliphatic heterocycles. The van der Waals surface area contributed by atoms with E-state index in [1.54, 1.807) is 10.4 Å². The van der Waals surface area contributed by atoms with E-state index < -0.39 is 10.0 Å². The molecule has 1 atom stereocenters. The summed E-state index contributed by atoms with van der Waals surface area (Å²) in [6.45, 7) is 6.95. The molecule has 1 unspecified atom stereocenters. The molecule has 0 radical (unpaired) electrons. The molecule has 0 fully saturated rings. The molecule has 4 nitrogen and oxygen atoms in total. The number of anilines is 1.